The number of ether oxygens (including phenoxy) is 1. The standard InChI is InChI=1S/C16H26N2O/c1-4-8-18-9-10-19-15(12-17-3)16(18)14-7-5-6-13(2)11-14/h5-7,11,15-17H,4,8-10,12H2,1-3H3. The topological polar surface area (TPSA) is 24.5 Å². The molecule has 1 N–H and O–H groups in total. The minimum Gasteiger partial charge on any atom is -0.374 e. The normalized spacial score (nSPS) is 24.6. The van der Waals surface area contributed by atoms with Crippen molar-refractivity contribution in [3.63, 3.8) is 0 Å². The van der Waals surface area contributed by atoms with Crippen LogP contribution in [0.4, 0.5) is 0 Å². The average Bonchev–Trinajstić information content (AvgIpc) is 2.40. The van der Waals surface area contributed by atoms with Crippen molar-refractivity contribution in [1.82, 2.24) is 10.2 Å². The van der Waals surface area contributed by atoms with Crippen LogP contribution >= 0.6 is 0 Å². The second kappa shape index (κ2) is 7.04. The monoisotopic (exact) mass is 262 g/mol. The fraction of sp³-hybridized carbons (Fsp3) is 0.625. The molecular weight excluding hydrogens is 236 g/mol. The Balaban J connectivity index is 2.26. The van der Waals surface area contributed by atoms with Gasteiger partial charge in [0.1, 0.15) is 0 Å². The summed E-state index contributed by atoms with van der Waals surface area (Å²) in [6.45, 7) is 8.32. The zero-order chi connectivity index (χ0) is 13.7. The molecule has 1 aromatic rings. The van der Waals surface area contributed by atoms with Crippen molar-refractivity contribution >= 4 is 0 Å². The van der Waals surface area contributed by atoms with Gasteiger partial charge in [0.25, 0.3) is 0 Å². The SMILES string of the molecule is CCCN1CCOC(CNC)C1c1cccc(C)c1. The molecule has 1 saturated heterocycles. The fourth-order valence-electron chi connectivity index (χ4n) is 2.98. The van der Waals surface area contributed by atoms with Crippen LogP contribution in [0.1, 0.15) is 30.5 Å². The lowest BCUT2D eigenvalue weighted by Gasteiger charge is -2.41. The van der Waals surface area contributed by atoms with Crippen molar-refractivity contribution in [2.75, 3.05) is 33.3 Å². The summed E-state index contributed by atoms with van der Waals surface area (Å²) in [4.78, 5) is 2.57. The van der Waals surface area contributed by atoms with E-state index in [-0.39, 0.29) is 6.10 Å². The third-order valence-corrected chi connectivity index (χ3v) is 3.76. The number of rotatable bonds is 5. The van der Waals surface area contributed by atoms with Gasteiger partial charge < -0.3 is 10.1 Å². The van der Waals surface area contributed by atoms with Crippen molar-refractivity contribution in [2.24, 2.45) is 0 Å². The van der Waals surface area contributed by atoms with Crippen molar-refractivity contribution in [2.45, 2.75) is 32.4 Å². The van der Waals surface area contributed by atoms with Crippen LogP contribution in [0.2, 0.25) is 0 Å². The largest absolute Gasteiger partial charge is 0.374 e. The second-order valence-corrected chi connectivity index (χ2v) is 5.36. The van der Waals surface area contributed by atoms with Gasteiger partial charge in [-0.05, 0) is 32.5 Å². The number of hydrogen-bond donors (Lipinski definition) is 1. The van der Waals surface area contributed by atoms with Crippen LogP contribution in [0.5, 0.6) is 0 Å². The molecule has 0 spiro atoms. The maximum Gasteiger partial charge on any atom is 0.0896 e. The number of morpholine rings is 1. The lowest BCUT2D eigenvalue weighted by Crippen LogP contribution is -2.48. The summed E-state index contributed by atoms with van der Waals surface area (Å²) in [5, 5.41) is 3.26. The summed E-state index contributed by atoms with van der Waals surface area (Å²) in [7, 11) is 2.00. The summed E-state index contributed by atoms with van der Waals surface area (Å²) in [5.41, 5.74) is 2.70. The molecule has 0 radical (unpaired) electrons. The summed E-state index contributed by atoms with van der Waals surface area (Å²) in [6.07, 6.45) is 1.43. The number of nitrogens with zero attached hydrogens (tertiary/aromatic N) is 1. The number of aryl methyl sites for hydroxylation is 1. The van der Waals surface area contributed by atoms with Crippen LogP contribution in [0.15, 0.2) is 24.3 Å². The van der Waals surface area contributed by atoms with E-state index in [1.54, 1.807) is 0 Å². The predicted molar refractivity (Wildman–Crippen MR) is 79.5 cm³/mol. The van der Waals surface area contributed by atoms with Crippen LogP contribution in [-0.2, 0) is 4.74 Å². The Kier molecular flexibility index (Phi) is 5.37. The first kappa shape index (κ1) is 14.5. The Hall–Kier alpha value is -0.900. The Morgan fingerprint density at radius 3 is 2.95 bits per heavy atom. The van der Waals surface area contributed by atoms with Gasteiger partial charge in [-0.2, -0.15) is 0 Å². The molecule has 0 amide bonds. The number of benzene rings is 1. The maximum atomic E-state index is 6.00. The smallest absolute Gasteiger partial charge is 0.0896 e. The summed E-state index contributed by atoms with van der Waals surface area (Å²) < 4.78 is 6.00. The van der Waals surface area contributed by atoms with Gasteiger partial charge in [-0.1, -0.05) is 36.8 Å². The highest BCUT2D eigenvalue weighted by molar-refractivity contribution is 5.26. The number of hydrogen-bond acceptors (Lipinski definition) is 3. The molecule has 19 heavy (non-hydrogen) atoms. The zero-order valence-electron chi connectivity index (χ0n) is 12.4. The molecular formula is C16H26N2O. The van der Waals surface area contributed by atoms with Crippen molar-refractivity contribution in [3.8, 4) is 0 Å². The van der Waals surface area contributed by atoms with Crippen molar-refractivity contribution in [1.29, 1.82) is 0 Å². The minimum absolute atomic E-state index is 0.243. The third kappa shape index (κ3) is 3.56. The van der Waals surface area contributed by atoms with E-state index in [1.165, 1.54) is 17.5 Å². The molecule has 1 aliphatic heterocycles. The highest BCUT2D eigenvalue weighted by Crippen LogP contribution is 2.30. The molecule has 0 bridgehead atoms. The van der Waals surface area contributed by atoms with E-state index in [4.69, 9.17) is 4.74 Å². The Morgan fingerprint density at radius 2 is 2.26 bits per heavy atom. The molecule has 106 valence electrons. The van der Waals surface area contributed by atoms with E-state index in [1.807, 2.05) is 7.05 Å². The van der Waals surface area contributed by atoms with Gasteiger partial charge in [0.15, 0.2) is 0 Å². The fourth-order valence-corrected chi connectivity index (χ4v) is 2.98. The van der Waals surface area contributed by atoms with Crippen LogP contribution < -0.4 is 5.32 Å². The van der Waals surface area contributed by atoms with Gasteiger partial charge in [0.2, 0.25) is 0 Å². The van der Waals surface area contributed by atoms with Crippen LogP contribution in [0.3, 0.4) is 0 Å². The lowest BCUT2D eigenvalue weighted by molar-refractivity contribution is -0.0704. The first-order valence-corrected chi connectivity index (χ1v) is 7.33. The first-order valence-electron chi connectivity index (χ1n) is 7.33. The molecule has 0 saturated carbocycles. The lowest BCUT2D eigenvalue weighted by atomic mass is 9.96. The van der Waals surface area contributed by atoms with E-state index >= 15 is 0 Å². The minimum atomic E-state index is 0.243. The van der Waals surface area contributed by atoms with Gasteiger partial charge in [0.05, 0.1) is 18.8 Å². The predicted octanol–water partition coefficient (Wildman–Crippen LogP) is 2.37. The summed E-state index contributed by atoms with van der Waals surface area (Å²) in [5.74, 6) is 0. The van der Waals surface area contributed by atoms with Gasteiger partial charge in [-0.15, -0.1) is 0 Å². The molecule has 1 aromatic carbocycles. The average molecular weight is 262 g/mol. The van der Waals surface area contributed by atoms with Crippen LogP contribution in [-0.4, -0.2) is 44.3 Å². The van der Waals surface area contributed by atoms with Crippen LogP contribution in [0.25, 0.3) is 0 Å². The summed E-state index contributed by atoms with van der Waals surface area (Å²) in [6, 6.07) is 9.22. The number of nitrogens with one attached hydrogen (secondary N) is 1. The Bertz CT molecular complexity index is 376. The maximum absolute atomic E-state index is 6.00. The molecule has 1 heterocycles. The molecule has 2 unspecified atom stereocenters. The van der Waals surface area contributed by atoms with Crippen molar-refractivity contribution in [3.05, 3.63) is 35.4 Å². The van der Waals surface area contributed by atoms with E-state index < -0.39 is 0 Å². The highest BCUT2D eigenvalue weighted by Gasteiger charge is 2.32. The molecule has 3 heteroatoms. The van der Waals surface area contributed by atoms with Gasteiger partial charge in [-0.3, -0.25) is 4.90 Å². The molecule has 2 rings (SSSR count). The van der Waals surface area contributed by atoms with Crippen molar-refractivity contribution < 1.29 is 4.74 Å². The highest BCUT2D eigenvalue weighted by atomic mass is 16.5. The molecule has 0 aliphatic carbocycles. The summed E-state index contributed by atoms with van der Waals surface area (Å²) >= 11 is 0. The van der Waals surface area contributed by atoms with E-state index in [2.05, 4.69) is 48.3 Å². The van der Waals surface area contributed by atoms with E-state index in [9.17, 15) is 0 Å². The molecule has 0 aromatic heterocycles. The zero-order valence-corrected chi connectivity index (χ0v) is 12.4. The Labute approximate surface area is 116 Å². The molecule has 1 fully saturated rings. The molecule has 1 aliphatic rings. The molecule has 2 atom stereocenters. The van der Waals surface area contributed by atoms with E-state index in [0.717, 1.165) is 26.2 Å². The first-order chi connectivity index (χ1) is 9.26. The van der Waals surface area contributed by atoms with Gasteiger partial charge in [-0.25, -0.2) is 0 Å². The van der Waals surface area contributed by atoms with E-state index in [0.29, 0.717) is 6.04 Å². The van der Waals surface area contributed by atoms with Gasteiger partial charge in [0, 0.05) is 13.1 Å². The van der Waals surface area contributed by atoms with Crippen LogP contribution in [0, 0.1) is 6.92 Å². The quantitative estimate of drug-likeness (QED) is 0.881. The van der Waals surface area contributed by atoms with Gasteiger partial charge >= 0.3 is 0 Å². The number of likely N-dealkylation sites (N-methyl/N-ethyl adjacent to an activating group) is 1. The second-order valence-electron chi connectivity index (χ2n) is 5.36. The molecule has 3 nitrogen and oxygen atoms in total. The third-order valence-electron chi connectivity index (χ3n) is 3.76. The Morgan fingerprint density at radius 1 is 1.42 bits per heavy atom.